The molecule has 7 nitrogen and oxygen atoms in total. The number of rotatable bonds is 6. The molecule has 2 rings (SSSR count). The predicted octanol–water partition coefficient (Wildman–Crippen LogP) is 4.01. The molecule has 10 heteroatoms. The average molecular weight is 369 g/mol. The van der Waals surface area contributed by atoms with Crippen molar-refractivity contribution in [1.29, 1.82) is 0 Å². The first kappa shape index (κ1) is 18.3. The highest BCUT2D eigenvalue weighted by Crippen LogP contribution is 2.29. The minimum atomic E-state index is -2.89. The van der Waals surface area contributed by atoms with Gasteiger partial charge in [-0.25, -0.2) is 0 Å². The lowest BCUT2D eigenvalue weighted by Crippen LogP contribution is -2.19. The van der Waals surface area contributed by atoms with E-state index < -0.39 is 11.5 Å². The van der Waals surface area contributed by atoms with Gasteiger partial charge in [0.25, 0.3) is 5.69 Å². The van der Waals surface area contributed by atoms with Crippen LogP contribution in [0, 0.1) is 10.1 Å². The number of nitrogens with zero attached hydrogens (tertiary/aromatic N) is 1. The first-order valence-electron chi connectivity index (χ1n) is 6.84. The molecule has 2 aromatic carbocycles. The van der Waals surface area contributed by atoms with Gasteiger partial charge in [-0.15, -0.1) is 0 Å². The van der Waals surface area contributed by atoms with E-state index in [1.165, 1.54) is 49.6 Å². The Hall–Kier alpha value is -3.01. The molecule has 0 unspecified atom stereocenters. The molecule has 0 saturated carbocycles. The third kappa shape index (κ3) is 5.24. The molecule has 0 saturated heterocycles. The number of methoxy groups -OCH3 is 1. The van der Waals surface area contributed by atoms with Crippen molar-refractivity contribution in [2.75, 3.05) is 17.7 Å². The normalized spacial score (nSPS) is 10.2. The topological polar surface area (TPSA) is 85.7 Å². The van der Waals surface area contributed by atoms with Crippen LogP contribution in [-0.4, -0.2) is 23.8 Å². The molecule has 0 heterocycles. The number of hydrogen-bond acceptors (Lipinski definition) is 5. The Labute approximate surface area is 146 Å². The lowest BCUT2D eigenvalue weighted by Gasteiger charge is -2.13. The van der Waals surface area contributed by atoms with Gasteiger partial charge in [0.05, 0.1) is 23.8 Å². The van der Waals surface area contributed by atoms with Crippen LogP contribution in [0.15, 0.2) is 42.5 Å². The number of alkyl halides is 2. The number of non-ortho nitro benzene ring substituents is 1. The minimum absolute atomic E-state index is 0.0245. The molecule has 0 atom stereocenters. The quantitative estimate of drug-likeness (QED) is 0.452. The lowest BCUT2D eigenvalue weighted by atomic mass is 10.2. The second-order valence-electron chi connectivity index (χ2n) is 4.62. The number of halogens is 2. The highest BCUT2D eigenvalue weighted by molar-refractivity contribution is 7.80. The summed E-state index contributed by atoms with van der Waals surface area (Å²) in [4.78, 5) is 10.2. The molecular weight excluding hydrogens is 356 g/mol. The SMILES string of the molecule is COc1cc([N+](=O)[O-])ccc1NC(=S)Nc1ccc(OC(F)F)cc1. The first-order chi connectivity index (χ1) is 11.9. The number of thiocarbonyl (C=S) groups is 1. The van der Waals surface area contributed by atoms with Gasteiger partial charge in [0, 0.05) is 11.8 Å². The predicted molar refractivity (Wildman–Crippen MR) is 92.6 cm³/mol. The van der Waals surface area contributed by atoms with E-state index in [-0.39, 0.29) is 22.3 Å². The van der Waals surface area contributed by atoms with E-state index in [4.69, 9.17) is 17.0 Å². The molecule has 0 radical (unpaired) electrons. The van der Waals surface area contributed by atoms with Crippen LogP contribution in [0.25, 0.3) is 0 Å². The molecule has 132 valence electrons. The summed E-state index contributed by atoms with van der Waals surface area (Å²) >= 11 is 5.15. The van der Waals surface area contributed by atoms with E-state index in [0.29, 0.717) is 11.4 Å². The summed E-state index contributed by atoms with van der Waals surface area (Å²) < 4.78 is 33.5. The molecule has 0 amide bonds. The van der Waals surface area contributed by atoms with Gasteiger partial charge in [0.1, 0.15) is 11.5 Å². The Bertz CT molecular complexity index is 772. The number of ether oxygens (including phenoxy) is 2. The van der Waals surface area contributed by atoms with Gasteiger partial charge in [-0.05, 0) is 42.5 Å². The van der Waals surface area contributed by atoms with Crippen LogP contribution in [0.3, 0.4) is 0 Å². The molecule has 0 aliphatic carbocycles. The van der Waals surface area contributed by atoms with Crippen molar-refractivity contribution in [3.8, 4) is 11.5 Å². The van der Waals surface area contributed by atoms with Crippen LogP contribution in [-0.2, 0) is 0 Å². The van der Waals surface area contributed by atoms with Crippen molar-refractivity contribution in [1.82, 2.24) is 0 Å². The third-order valence-corrected chi connectivity index (χ3v) is 3.19. The minimum Gasteiger partial charge on any atom is -0.494 e. The van der Waals surface area contributed by atoms with E-state index in [9.17, 15) is 18.9 Å². The van der Waals surface area contributed by atoms with Crippen LogP contribution in [0.2, 0.25) is 0 Å². The molecule has 25 heavy (non-hydrogen) atoms. The summed E-state index contributed by atoms with van der Waals surface area (Å²) in [7, 11) is 1.38. The summed E-state index contributed by atoms with van der Waals surface area (Å²) in [5, 5.41) is 16.7. The second-order valence-corrected chi connectivity index (χ2v) is 5.03. The number of nitrogens with one attached hydrogen (secondary N) is 2. The summed E-state index contributed by atoms with van der Waals surface area (Å²) in [6.45, 7) is -2.89. The van der Waals surface area contributed by atoms with E-state index in [2.05, 4.69) is 15.4 Å². The fourth-order valence-electron chi connectivity index (χ4n) is 1.90. The Kier molecular flexibility index (Phi) is 6.01. The molecule has 2 N–H and O–H groups in total. The molecule has 0 spiro atoms. The van der Waals surface area contributed by atoms with E-state index in [1.807, 2.05) is 0 Å². The summed E-state index contributed by atoms with van der Waals surface area (Å²) in [5.74, 6) is 0.274. The van der Waals surface area contributed by atoms with Crippen molar-refractivity contribution in [2.45, 2.75) is 6.61 Å². The molecule has 0 aromatic heterocycles. The molecule has 0 aliphatic heterocycles. The van der Waals surface area contributed by atoms with Crippen LogP contribution in [0.5, 0.6) is 11.5 Å². The number of nitro groups is 1. The molecule has 0 aliphatic rings. The number of anilines is 2. The monoisotopic (exact) mass is 369 g/mol. The Balaban J connectivity index is 2.03. The molecule has 2 aromatic rings. The zero-order valence-electron chi connectivity index (χ0n) is 12.9. The van der Waals surface area contributed by atoms with Crippen LogP contribution in [0.4, 0.5) is 25.8 Å². The molecule has 0 bridgehead atoms. The van der Waals surface area contributed by atoms with Gasteiger partial charge >= 0.3 is 6.61 Å². The summed E-state index contributed by atoms with van der Waals surface area (Å²) in [6.07, 6.45) is 0. The summed E-state index contributed by atoms with van der Waals surface area (Å²) in [6, 6.07) is 9.79. The maximum Gasteiger partial charge on any atom is 0.387 e. The first-order valence-corrected chi connectivity index (χ1v) is 7.25. The second kappa shape index (κ2) is 8.20. The standard InChI is InChI=1S/C15H13F2N3O4S/c1-23-13-8-10(20(21)22)4-7-12(13)19-15(25)18-9-2-5-11(6-3-9)24-14(16)17/h2-8,14H,1H3,(H2,18,19,25). The third-order valence-electron chi connectivity index (χ3n) is 2.98. The van der Waals surface area contributed by atoms with E-state index in [0.717, 1.165) is 0 Å². The van der Waals surface area contributed by atoms with Gasteiger partial charge in [-0.3, -0.25) is 10.1 Å². The van der Waals surface area contributed by atoms with Gasteiger partial charge in [-0.2, -0.15) is 8.78 Å². The largest absolute Gasteiger partial charge is 0.494 e. The Morgan fingerprint density at radius 1 is 1.20 bits per heavy atom. The average Bonchev–Trinajstić information content (AvgIpc) is 2.56. The Morgan fingerprint density at radius 3 is 2.44 bits per heavy atom. The van der Waals surface area contributed by atoms with Crippen LogP contribution < -0.4 is 20.1 Å². The van der Waals surface area contributed by atoms with Crippen LogP contribution >= 0.6 is 12.2 Å². The van der Waals surface area contributed by atoms with Crippen molar-refractivity contribution in [3.63, 3.8) is 0 Å². The van der Waals surface area contributed by atoms with Gasteiger partial charge in [-0.1, -0.05) is 0 Å². The van der Waals surface area contributed by atoms with Crippen molar-refractivity contribution in [2.24, 2.45) is 0 Å². The fraction of sp³-hybridized carbons (Fsp3) is 0.133. The maximum atomic E-state index is 12.1. The van der Waals surface area contributed by atoms with E-state index in [1.54, 1.807) is 0 Å². The molecular formula is C15H13F2N3O4S. The molecule has 0 fully saturated rings. The van der Waals surface area contributed by atoms with E-state index >= 15 is 0 Å². The zero-order valence-corrected chi connectivity index (χ0v) is 13.7. The van der Waals surface area contributed by atoms with Crippen molar-refractivity contribution in [3.05, 3.63) is 52.6 Å². The van der Waals surface area contributed by atoms with Crippen molar-refractivity contribution >= 4 is 34.4 Å². The van der Waals surface area contributed by atoms with Gasteiger partial charge in [0.2, 0.25) is 0 Å². The smallest absolute Gasteiger partial charge is 0.387 e. The Morgan fingerprint density at radius 2 is 1.88 bits per heavy atom. The summed E-state index contributed by atoms with van der Waals surface area (Å²) in [5.41, 5.74) is 0.860. The number of nitro benzene ring substituents is 1. The highest BCUT2D eigenvalue weighted by Gasteiger charge is 2.12. The number of benzene rings is 2. The fourth-order valence-corrected chi connectivity index (χ4v) is 2.13. The van der Waals surface area contributed by atoms with Crippen molar-refractivity contribution < 1.29 is 23.2 Å². The van der Waals surface area contributed by atoms with Crippen LogP contribution in [0.1, 0.15) is 0 Å². The highest BCUT2D eigenvalue weighted by atomic mass is 32.1. The number of hydrogen-bond donors (Lipinski definition) is 2. The maximum absolute atomic E-state index is 12.1. The lowest BCUT2D eigenvalue weighted by molar-refractivity contribution is -0.384. The zero-order chi connectivity index (χ0) is 18.4. The van der Waals surface area contributed by atoms with Gasteiger partial charge in [0.15, 0.2) is 5.11 Å². The van der Waals surface area contributed by atoms with Gasteiger partial charge < -0.3 is 20.1 Å².